The molecule has 1 N–H and O–H groups in total. The van der Waals surface area contributed by atoms with Crippen LogP contribution in [-0.2, 0) is 9.59 Å². The zero-order valence-corrected chi connectivity index (χ0v) is 16.7. The first kappa shape index (κ1) is 20.0. The number of urea groups is 1. The van der Waals surface area contributed by atoms with Gasteiger partial charge in [-0.3, -0.25) is 14.5 Å². The number of amides is 4. The number of rotatable bonds is 6. The molecule has 1 aromatic heterocycles. The molecule has 0 saturated carbocycles. The third-order valence-corrected chi connectivity index (χ3v) is 5.23. The van der Waals surface area contributed by atoms with Crippen molar-refractivity contribution in [1.29, 1.82) is 0 Å². The van der Waals surface area contributed by atoms with Crippen LogP contribution in [0.5, 0.6) is 0 Å². The van der Waals surface area contributed by atoms with Crippen LogP contribution in [0, 0.1) is 5.92 Å². The van der Waals surface area contributed by atoms with E-state index in [0.29, 0.717) is 12.5 Å². The molecule has 0 radical (unpaired) electrons. The van der Waals surface area contributed by atoms with Gasteiger partial charge in [0.25, 0.3) is 5.91 Å². The Balaban J connectivity index is 1.49. The molecule has 2 saturated heterocycles. The molecule has 0 spiro atoms. The number of aromatic nitrogens is 2. The number of hydrogen-bond donors (Lipinski definition) is 1. The second-order valence-electron chi connectivity index (χ2n) is 7.85. The molecule has 0 aromatic carbocycles. The second kappa shape index (κ2) is 8.53. The molecule has 0 aliphatic carbocycles. The van der Waals surface area contributed by atoms with E-state index in [2.05, 4.69) is 34.3 Å². The molecular formula is C19H28N6O3. The first-order valence-corrected chi connectivity index (χ1v) is 9.76. The maximum absolute atomic E-state index is 12.2. The quantitative estimate of drug-likeness (QED) is 0.725. The first-order valence-electron chi connectivity index (χ1n) is 9.76. The van der Waals surface area contributed by atoms with E-state index in [0.717, 1.165) is 42.3 Å². The summed E-state index contributed by atoms with van der Waals surface area (Å²) in [6.45, 7) is 6.21. The summed E-state index contributed by atoms with van der Waals surface area (Å²) in [5.41, 5.74) is 0.973. The standard InChI is InChI=1S/C19H28N6O3/c1-13(2)15-6-7-16(22-21-15)24-8-4-5-14(10-24)9-20-17(26)11-25-18(27)12-23(3)19(25)28/h6-7,13-14H,4-5,8-12H2,1-3H3,(H,20,26). The number of carbonyl (C=O) groups excluding carboxylic acids is 3. The summed E-state index contributed by atoms with van der Waals surface area (Å²) in [5.74, 6) is 0.846. The highest BCUT2D eigenvalue weighted by atomic mass is 16.2. The van der Waals surface area contributed by atoms with Gasteiger partial charge < -0.3 is 15.1 Å². The smallest absolute Gasteiger partial charge is 0.327 e. The second-order valence-corrected chi connectivity index (χ2v) is 7.85. The van der Waals surface area contributed by atoms with Crippen LogP contribution in [0.4, 0.5) is 10.6 Å². The van der Waals surface area contributed by atoms with E-state index < -0.39 is 6.03 Å². The van der Waals surface area contributed by atoms with E-state index in [4.69, 9.17) is 0 Å². The summed E-state index contributed by atoms with van der Waals surface area (Å²) >= 11 is 0. The fraction of sp³-hybridized carbons (Fsp3) is 0.632. The Morgan fingerprint density at radius 2 is 2.07 bits per heavy atom. The van der Waals surface area contributed by atoms with Crippen molar-refractivity contribution in [2.45, 2.75) is 32.6 Å². The Labute approximate surface area is 165 Å². The Morgan fingerprint density at radius 1 is 1.29 bits per heavy atom. The van der Waals surface area contributed by atoms with Crippen LogP contribution in [0.25, 0.3) is 0 Å². The van der Waals surface area contributed by atoms with Gasteiger partial charge in [0.15, 0.2) is 5.82 Å². The van der Waals surface area contributed by atoms with Gasteiger partial charge in [-0.1, -0.05) is 13.8 Å². The third kappa shape index (κ3) is 4.58. The number of hydrogen-bond acceptors (Lipinski definition) is 6. The lowest BCUT2D eigenvalue weighted by atomic mass is 9.98. The third-order valence-electron chi connectivity index (χ3n) is 5.23. The monoisotopic (exact) mass is 388 g/mol. The average molecular weight is 388 g/mol. The van der Waals surface area contributed by atoms with Crippen molar-refractivity contribution in [2.24, 2.45) is 5.92 Å². The Morgan fingerprint density at radius 3 is 2.68 bits per heavy atom. The lowest BCUT2D eigenvalue weighted by Crippen LogP contribution is -2.45. The SMILES string of the molecule is CC(C)c1ccc(N2CCCC(CNC(=O)CN3C(=O)CN(C)C3=O)C2)nn1. The average Bonchev–Trinajstić information content (AvgIpc) is 2.93. The summed E-state index contributed by atoms with van der Waals surface area (Å²) in [7, 11) is 1.55. The van der Waals surface area contributed by atoms with Crippen molar-refractivity contribution in [3.8, 4) is 0 Å². The van der Waals surface area contributed by atoms with Crippen molar-refractivity contribution in [3.05, 3.63) is 17.8 Å². The zero-order chi connectivity index (χ0) is 20.3. The minimum Gasteiger partial charge on any atom is -0.355 e. The maximum atomic E-state index is 12.2. The molecule has 9 heteroatoms. The topological polar surface area (TPSA) is 98.7 Å². The summed E-state index contributed by atoms with van der Waals surface area (Å²) in [5, 5.41) is 11.5. The van der Waals surface area contributed by atoms with Gasteiger partial charge in [0.05, 0.1) is 5.69 Å². The number of piperidine rings is 1. The van der Waals surface area contributed by atoms with Crippen LogP contribution in [0.15, 0.2) is 12.1 Å². The maximum Gasteiger partial charge on any atom is 0.327 e. The van der Waals surface area contributed by atoms with Crippen LogP contribution in [0.1, 0.15) is 38.3 Å². The van der Waals surface area contributed by atoms with Gasteiger partial charge in [0, 0.05) is 26.7 Å². The molecule has 1 aromatic rings. The number of carbonyl (C=O) groups is 3. The van der Waals surface area contributed by atoms with Crippen LogP contribution >= 0.6 is 0 Å². The fourth-order valence-corrected chi connectivity index (χ4v) is 3.53. The van der Waals surface area contributed by atoms with Gasteiger partial charge in [0.1, 0.15) is 13.1 Å². The molecule has 3 heterocycles. The zero-order valence-electron chi connectivity index (χ0n) is 16.7. The van der Waals surface area contributed by atoms with Crippen molar-refractivity contribution < 1.29 is 14.4 Å². The molecule has 0 bridgehead atoms. The number of likely N-dealkylation sites (N-methyl/N-ethyl adjacent to an activating group) is 1. The molecule has 2 aliphatic heterocycles. The Bertz CT molecular complexity index is 736. The number of nitrogens with zero attached hydrogens (tertiary/aromatic N) is 5. The van der Waals surface area contributed by atoms with E-state index >= 15 is 0 Å². The normalized spacial score (nSPS) is 20.3. The van der Waals surface area contributed by atoms with Crippen LogP contribution in [-0.4, -0.2) is 77.6 Å². The lowest BCUT2D eigenvalue weighted by molar-refractivity contribution is -0.130. The molecule has 4 amide bonds. The van der Waals surface area contributed by atoms with Crippen LogP contribution in [0.3, 0.4) is 0 Å². The molecule has 9 nitrogen and oxygen atoms in total. The molecular weight excluding hydrogens is 360 g/mol. The van der Waals surface area contributed by atoms with Crippen LogP contribution in [0.2, 0.25) is 0 Å². The summed E-state index contributed by atoms with van der Waals surface area (Å²) < 4.78 is 0. The summed E-state index contributed by atoms with van der Waals surface area (Å²) in [6, 6.07) is 3.59. The van der Waals surface area contributed by atoms with Gasteiger partial charge >= 0.3 is 6.03 Å². The van der Waals surface area contributed by atoms with E-state index in [1.54, 1.807) is 7.05 Å². The molecule has 1 unspecified atom stereocenters. The van der Waals surface area contributed by atoms with Crippen LogP contribution < -0.4 is 10.2 Å². The predicted octanol–water partition coefficient (Wildman–Crippen LogP) is 0.827. The van der Waals surface area contributed by atoms with E-state index in [-0.39, 0.29) is 30.8 Å². The minimum absolute atomic E-state index is 0.0281. The van der Waals surface area contributed by atoms with E-state index in [1.807, 2.05) is 12.1 Å². The van der Waals surface area contributed by atoms with Gasteiger partial charge in [-0.15, -0.1) is 5.10 Å². The van der Waals surface area contributed by atoms with Crippen molar-refractivity contribution >= 4 is 23.7 Å². The highest BCUT2D eigenvalue weighted by Crippen LogP contribution is 2.22. The van der Waals surface area contributed by atoms with Crippen molar-refractivity contribution in [2.75, 3.05) is 44.7 Å². The largest absolute Gasteiger partial charge is 0.355 e. The first-order chi connectivity index (χ1) is 13.3. The van der Waals surface area contributed by atoms with Gasteiger partial charge in [-0.05, 0) is 36.8 Å². The minimum atomic E-state index is -0.424. The van der Waals surface area contributed by atoms with Gasteiger partial charge in [0.2, 0.25) is 5.91 Å². The Kier molecular flexibility index (Phi) is 6.11. The molecule has 3 rings (SSSR count). The summed E-state index contributed by atoms with van der Waals surface area (Å²) in [4.78, 5) is 40.3. The van der Waals surface area contributed by atoms with E-state index in [9.17, 15) is 14.4 Å². The molecule has 28 heavy (non-hydrogen) atoms. The highest BCUT2D eigenvalue weighted by Gasteiger charge is 2.34. The van der Waals surface area contributed by atoms with Gasteiger partial charge in [-0.2, -0.15) is 5.10 Å². The highest BCUT2D eigenvalue weighted by molar-refractivity contribution is 6.04. The number of nitrogens with one attached hydrogen (secondary N) is 1. The number of anilines is 1. The van der Waals surface area contributed by atoms with Gasteiger partial charge in [-0.25, -0.2) is 4.79 Å². The summed E-state index contributed by atoms with van der Waals surface area (Å²) in [6.07, 6.45) is 2.03. The molecule has 152 valence electrons. The van der Waals surface area contributed by atoms with Crippen molar-refractivity contribution in [3.63, 3.8) is 0 Å². The molecule has 2 fully saturated rings. The van der Waals surface area contributed by atoms with Crippen molar-refractivity contribution in [1.82, 2.24) is 25.3 Å². The lowest BCUT2D eigenvalue weighted by Gasteiger charge is -2.33. The Hall–Kier alpha value is -2.71. The fourth-order valence-electron chi connectivity index (χ4n) is 3.53. The predicted molar refractivity (Wildman–Crippen MR) is 104 cm³/mol. The molecule has 2 aliphatic rings. The van der Waals surface area contributed by atoms with E-state index in [1.165, 1.54) is 4.90 Å². The molecule has 1 atom stereocenters. The number of imide groups is 1.